The van der Waals surface area contributed by atoms with Crippen molar-refractivity contribution in [3.63, 3.8) is 0 Å². The van der Waals surface area contributed by atoms with Gasteiger partial charge in [-0.3, -0.25) is 4.98 Å². The highest BCUT2D eigenvalue weighted by Crippen LogP contribution is 2.28. The Morgan fingerprint density at radius 3 is 2.72 bits per heavy atom. The Morgan fingerprint density at radius 2 is 2.11 bits per heavy atom. The van der Waals surface area contributed by atoms with Gasteiger partial charge in [0.25, 0.3) is 0 Å². The molecular weight excluding hydrogens is 255 g/mol. The summed E-state index contributed by atoms with van der Waals surface area (Å²) in [5, 5.41) is 0.514. The normalized spacial score (nSPS) is 12.2. The van der Waals surface area contributed by atoms with Gasteiger partial charge < -0.3 is 10.5 Å². The van der Waals surface area contributed by atoms with Gasteiger partial charge in [0, 0.05) is 0 Å². The zero-order valence-corrected chi connectivity index (χ0v) is 10.5. The largest absolute Gasteiger partial charge is 0.495 e. The maximum absolute atomic E-state index is 12.8. The van der Waals surface area contributed by atoms with Crippen molar-refractivity contribution in [1.29, 1.82) is 0 Å². The predicted octanol–water partition coefficient (Wildman–Crippen LogP) is 2.93. The minimum atomic E-state index is -0.447. The van der Waals surface area contributed by atoms with Crippen molar-refractivity contribution in [3.05, 3.63) is 58.6 Å². The van der Waals surface area contributed by atoms with Gasteiger partial charge in [-0.05, 0) is 29.8 Å². The maximum Gasteiger partial charge on any atom is 0.141 e. The Bertz CT molecular complexity index is 545. The van der Waals surface area contributed by atoms with Crippen LogP contribution in [-0.4, -0.2) is 12.1 Å². The summed E-state index contributed by atoms with van der Waals surface area (Å²) in [6.45, 7) is 0. The van der Waals surface area contributed by atoms with Crippen LogP contribution >= 0.6 is 11.6 Å². The van der Waals surface area contributed by atoms with Gasteiger partial charge in [-0.2, -0.15) is 0 Å². The molecule has 5 heteroatoms. The molecule has 0 bridgehead atoms. The Balaban J connectivity index is 2.33. The van der Waals surface area contributed by atoms with E-state index in [0.29, 0.717) is 16.5 Å². The van der Waals surface area contributed by atoms with Crippen LogP contribution in [0.2, 0.25) is 5.02 Å². The first-order valence-corrected chi connectivity index (χ1v) is 5.70. The number of nitrogens with two attached hydrogens (primary N) is 1. The zero-order chi connectivity index (χ0) is 13.1. The molecule has 0 radical (unpaired) electrons. The van der Waals surface area contributed by atoms with Crippen molar-refractivity contribution < 1.29 is 9.13 Å². The van der Waals surface area contributed by atoms with Gasteiger partial charge in [-0.1, -0.05) is 17.7 Å². The summed E-state index contributed by atoms with van der Waals surface area (Å²) in [6.07, 6.45) is 1.14. The first-order valence-electron chi connectivity index (χ1n) is 5.32. The van der Waals surface area contributed by atoms with Gasteiger partial charge in [0.1, 0.15) is 11.6 Å². The second-order valence-corrected chi connectivity index (χ2v) is 4.18. The third-order valence-corrected chi connectivity index (χ3v) is 2.92. The molecular formula is C13H12ClFN2O. The zero-order valence-electron chi connectivity index (χ0n) is 9.73. The van der Waals surface area contributed by atoms with E-state index >= 15 is 0 Å². The van der Waals surface area contributed by atoms with Gasteiger partial charge in [0.2, 0.25) is 0 Å². The number of nitrogens with zero attached hydrogens (tertiary/aromatic N) is 1. The highest BCUT2D eigenvalue weighted by molar-refractivity contribution is 6.32. The topological polar surface area (TPSA) is 48.1 Å². The molecule has 2 aromatic rings. The summed E-state index contributed by atoms with van der Waals surface area (Å²) in [5.74, 6) is 0.159. The molecule has 3 nitrogen and oxygen atoms in total. The van der Waals surface area contributed by atoms with Gasteiger partial charge in [0.05, 0.1) is 30.1 Å². The molecule has 2 N–H and O–H groups in total. The van der Waals surface area contributed by atoms with Gasteiger partial charge in [-0.15, -0.1) is 0 Å². The lowest BCUT2D eigenvalue weighted by Crippen LogP contribution is -2.13. The molecule has 0 amide bonds. The number of halogens is 2. The Morgan fingerprint density at radius 1 is 1.33 bits per heavy atom. The predicted molar refractivity (Wildman–Crippen MR) is 68.2 cm³/mol. The summed E-state index contributed by atoms with van der Waals surface area (Å²) in [6, 6.07) is 7.69. The number of rotatable bonds is 3. The molecule has 0 saturated carbocycles. The fourth-order valence-corrected chi connectivity index (χ4v) is 1.81. The van der Waals surface area contributed by atoms with Gasteiger partial charge >= 0.3 is 0 Å². The lowest BCUT2D eigenvalue weighted by molar-refractivity contribution is 0.414. The van der Waals surface area contributed by atoms with Crippen LogP contribution < -0.4 is 10.5 Å². The average molecular weight is 267 g/mol. The van der Waals surface area contributed by atoms with E-state index in [0.717, 1.165) is 11.8 Å². The fourth-order valence-electron chi connectivity index (χ4n) is 1.61. The maximum atomic E-state index is 12.8. The van der Waals surface area contributed by atoms with Crippen molar-refractivity contribution in [2.24, 2.45) is 5.73 Å². The fraction of sp³-hybridized carbons (Fsp3) is 0.154. The van der Waals surface area contributed by atoms with Crippen molar-refractivity contribution in [1.82, 2.24) is 4.98 Å². The van der Waals surface area contributed by atoms with Crippen LogP contribution in [0.15, 0.2) is 36.5 Å². The highest BCUT2D eigenvalue weighted by Gasteiger charge is 2.12. The first kappa shape index (κ1) is 12.8. The molecule has 1 unspecified atom stereocenters. The van der Waals surface area contributed by atoms with Crippen LogP contribution in [0.1, 0.15) is 17.3 Å². The Labute approximate surface area is 109 Å². The lowest BCUT2D eigenvalue weighted by atomic mass is 10.0. The second kappa shape index (κ2) is 5.33. The molecule has 0 aliphatic carbocycles. The van der Waals surface area contributed by atoms with E-state index in [9.17, 15) is 4.39 Å². The number of hydrogen-bond donors (Lipinski definition) is 1. The van der Waals surface area contributed by atoms with Crippen molar-refractivity contribution >= 4 is 11.6 Å². The highest BCUT2D eigenvalue weighted by atomic mass is 35.5. The minimum absolute atomic E-state index is 0.389. The number of ether oxygens (including phenoxy) is 1. The summed E-state index contributed by atoms with van der Waals surface area (Å²) in [4.78, 5) is 3.96. The number of pyridine rings is 1. The van der Waals surface area contributed by atoms with Gasteiger partial charge in [0.15, 0.2) is 0 Å². The van der Waals surface area contributed by atoms with Crippen LogP contribution in [0.25, 0.3) is 0 Å². The van der Waals surface area contributed by atoms with E-state index in [1.165, 1.54) is 13.2 Å². The van der Waals surface area contributed by atoms with Crippen LogP contribution in [0.4, 0.5) is 4.39 Å². The van der Waals surface area contributed by atoms with Crippen LogP contribution in [0.3, 0.4) is 0 Å². The van der Waals surface area contributed by atoms with Crippen molar-refractivity contribution in [2.75, 3.05) is 7.11 Å². The van der Waals surface area contributed by atoms with Crippen molar-refractivity contribution in [2.45, 2.75) is 6.04 Å². The van der Waals surface area contributed by atoms with Crippen LogP contribution in [0, 0.1) is 5.82 Å². The van der Waals surface area contributed by atoms with E-state index in [1.54, 1.807) is 24.3 Å². The standard InChI is InChI=1S/C13H12ClFN2O/c1-18-12-6-8(2-4-10(12)14)13(16)11-5-3-9(15)7-17-11/h2-7,13H,16H2,1H3. The molecule has 2 rings (SSSR count). The quantitative estimate of drug-likeness (QED) is 0.929. The Hall–Kier alpha value is -1.65. The molecule has 1 aromatic heterocycles. The molecule has 0 aliphatic heterocycles. The summed E-state index contributed by atoms with van der Waals surface area (Å²) < 4.78 is 17.9. The Kier molecular flexibility index (Phi) is 3.79. The molecule has 0 aliphatic rings. The molecule has 94 valence electrons. The van der Waals surface area contributed by atoms with Crippen LogP contribution in [-0.2, 0) is 0 Å². The van der Waals surface area contributed by atoms with E-state index in [4.69, 9.17) is 22.1 Å². The number of aromatic nitrogens is 1. The third kappa shape index (κ3) is 2.60. The van der Waals surface area contributed by atoms with Crippen LogP contribution in [0.5, 0.6) is 5.75 Å². The molecule has 18 heavy (non-hydrogen) atoms. The molecule has 1 aromatic carbocycles. The summed E-state index contributed by atoms with van der Waals surface area (Å²) in [7, 11) is 1.53. The molecule has 1 heterocycles. The molecule has 0 fully saturated rings. The SMILES string of the molecule is COc1cc(C(N)c2ccc(F)cn2)ccc1Cl. The smallest absolute Gasteiger partial charge is 0.141 e. The summed E-state index contributed by atoms with van der Waals surface area (Å²) >= 11 is 5.94. The monoisotopic (exact) mass is 266 g/mol. The average Bonchev–Trinajstić information content (AvgIpc) is 2.39. The second-order valence-electron chi connectivity index (χ2n) is 3.77. The van der Waals surface area contributed by atoms with E-state index in [2.05, 4.69) is 4.98 Å². The first-order chi connectivity index (χ1) is 8.61. The molecule has 1 atom stereocenters. The minimum Gasteiger partial charge on any atom is -0.495 e. The molecule has 0 saturated heterocycles. The van der Waals surface area contributed by atoms with E-state index in [-0.39, 0.29) is 5.82 Å². The van der Waals surface area contributed by atoms with E-state index in [1.807, 2.05) is 0 Å². The van der Waals surface area contributed by atoms with Crippen molar-refractivity contribution in [3.8, 4) is 5.75 Å². The summed E-state index contributed by atoms with van der Waals surface area (Å²) in [5.41, 5.74) is 7.44. The third-order valence-electron chi connectivity index (χ3n) is 2.60. The van der Waals surface area contributed by atoms with Gasteiger partial charge in [-0.25, -0.2) is 4.39 Å². The number of hydrogen-bond acceptors (Lipinski definition) is 3. The number of benzene rings is 1. The molecule has 0 spiro atoms. The lowest BCUT2D eigenvalue weighted by Gasteiger charge is -2.13. The number of methoxy groups -OCH3 is 1. The van der Waals surface area contributed by atoms with E-state index < -0.39 is 6.04 Å².